The van der Waals surface area contributed by atoms with Crippen LogP contribution < -0.4 is 5.73 Å². The normalized spacial score (nSPS) is 13.1. The molecule has 0 aromatic carbocycles. The third kappa shape index (κ3) is 3.71. The van der Waals surface area contributed by atoms with E-state index >= 15 is 0 Å². The summed E-state index contributed by atoms with van der Waals surface area (Å²) in [7, 11) is 0. The molecule has 15 heavy (non-hydrogen) atoms. The minimum Gasteiger partial charge on any atom is -0.480 e. The molecule has 1 aromatic heterocycles. The number of nitrogens with two attached hydrogens (primary N) is 1. The molecule has 0 bridgehead atoms. The van der Waals surface area contributed by atoms with Gasteiger partial charge >= 0.3 is 5.97 Å². The summed E-state index contributed by atoms with van der Waals surface area (Å²) >= 11 is 0. The van der Waals surface area contributed by atoms with Gasteiger partial charge in [-0.25, -0.2) is 4.98 Å². The molecule has 1 aromatic rings. The van der Waals surface area contributed by atoms with E-state index in [1.54, 1.807) is 6.33 Å². The van der Waals surface area contributed by atoms with Crippen LogP contribution in [-0.4, -0.2) is 26.7 Å². The van der Waals surface area contributed by atoms with Crippen molar-refractivity contribution in [3.8, 4) is 0 Å². The van der Waals surface area contributed by atoms with Crippen molar-refractivity contribution in [3.63, 3.8) is 0 Å². The van der Waals surface area contributed by atoms with Crippen LogP contribution in [0.3, 0.4) is 0 Å². The fourth-order valence-corrected chi connectivity index (χ4v) is 1.35. The predicted molar refractivity (Wildman–Crippen MR) is 56.4 cm³/mol. The lowest BCUT2D eigenvalue weighted by molar-refractivity contribution is -0.138. The first kappa shape index (κ1) is 11.7. The molecule has 3 N–H and O–H groups in total. The third-order valence-corrected chi connectivity index (χ3v) is 2.01. The molecule has 0 unspecified atom stereocenters. The van der Waals surface area contributed by atoms with Gasteiger partial charge < -0.3 is 15.4 Å². The molecule has 0 amide bonds. The molecule has 0 aliphatic heterocycles. The molecule has 1 atom stereocenters. The summed E-state index contributed by atoms with van der Waals surface area (Å²) in [5.41, 5.74) is 6.14. The van der Waals surface area contributed by atoms with E-state index in [1.165, 1.54) is 0 Å². The highest BCUT2D eigenvalue weighted by Gasteiger charge is 2.13. The van der Waals surface area contributed by atoms with Crippen molar-refractivity contribution in [1.29, 1.82) is 0 Å². The van der Waals surface area contributed by atoms with Crippen LogP contribution in [0, 0.1) is 5.92 Å². The van der Waals surface area contributed by atoms with E-state index in [9.17, 15) is 4.79 Å². The van der Waals surface area contributed by atoms with Gasteiger partial charge in [-0.15, -0.1) is 0 Å². The topological polar surface area (TPSA) is 81.1 Å². The van der Waals surface area contributed by atoms with Crippen LogP contribution in [0.4, 0.5) is 0 Å². The van der Waals surface area contributed by atoms with E-state index in [0.717, 1.165) is 12.2 Å². The van der Waals surface area contributed by atoms with Gasteiger partial charge in [0.25, 0.3) is 0 Å². The number of imidazole rings is 1. The fraction of sp³-hybridized carbons (Fsp3) is 0.600. The summed E-state index contributed by atoms with van der Waals surface area (Å²) in [6.07, 6.45) is 3.84. The number of carboxylic acid groups (broad SMARTS) is 1. The lowest BCUT2D eigenvalue weighted by Crippen LogP contribution is -2.32. The van der Waals surface area contributed by atoms with Gasteiger partial charge in [0.15, 0.2) is 0 Å². The quantitative estimate of drug-likeness (QED) is 0.742. The van der Waals surface area contributed by atoms with Gasteiger partial charge in [-0.05, 0) is 5.92 Å². The highest BCUT2D eigenvalue weighted by Crippen LogP contribution is 2.03. The molecular formula is C10H17N3O2. The fourth-order valence-electron chi connectivity index (χ4n) is 1.35. The van der Waals surface area contributed by atoms with Crippen molar-refractivity contribution in [1.82, 2.24) is 9.55 Å². The van der Waals surface area contributed by atoms with Crippen LogP contribution in [0.2, 0.25) is 0 Å². The first-order chi connectivity index (χ1) is 6.99. The lowest BCUT2D eigenvalue weighted by Gasteiger charge is -2.04. The zero-order valence-electron chi connectivity index (χ0n) is 9.05. The van der Waals surface area contributed by atoms with E-state index in [4.69, 9.17) is 10.8 Å². The smallest absolute Gasteiger partial charge is 0.320 e. The molecule has 0 aliphatic rings. The van der Waals surface area contributed by atoms with Gasteiger partial charge in [-0.2, -0.15) is 0 Å². The molecule has 0 saturated carbocycles. The Kier molecular flexibility index (Phi) is 3.85. The zero-order valence-corrected chi connectivity index (χ0v) is 9.05. The Morgan fingerprint density at radius 3 is 2.87 bits per heavy atom. The first-order valence-corrected chi connectivity index (χ1v) is 4.98. The number of aromatic nitrogens is 2. The molecular weight excluding hydrogens is 194 g/mol. The van der Waals surface area contributed by atoms with Crippen LogP contribution >= 0.6 is 0 Å². The first-order valence-electron chi connectivity index (χ1n) is 4.98. The van der Waals surface area contributed by atoms with Crippen molar-refractivity contribution in [2.45, 2.75) is 32.9 Å². The van der Waals surface area contributed by atoms with Crippen molar-refractivity contribution in [2.75, 3.05) is 0 Å². The summed E-state index contributed by atoms with van der Waals surface area (Å²) in [5, 5.41) is 8.64. The summed E-state index contributed by atoms with van der Waals surface area (Å²) in [6.45, 7) is 5.11. The van der Waals surface area contributed by atoms with E-state index < -0.39 is 12.0 Å². The van der Waals surface area contributed by atoms with Crippen molar-refractivity contribution in [2.24, 2.45) is 11.7 Å². The van der Waals surface area contributed by atoms with Crippen molar-refractivity contribution >= 4 is 5.97 Å². The summed E-state index contributed by atoms with van der Waals surface area (Å²) in [4.78, 5) is 14.6. The molecule has 0 saturated heterocycles. The number of rotatable bonds is 5. The molecule has 0 radical (unpaired) electrons. The van der Waals surface area contributed by atoms with Gasteiger partial charge in [0, 0.05) is 19.2 Å². The van der Waals surface area contributed by atoms with E-state index in [2.05, 4.69) is 18.8 Å². The Morgan fingerprint density at radius 2 is 2.33 bits per heavy atom. The maximum atomic E-state index is 10.5. The summed E-state index contributed by atoms with van der Waals surface area (Å²) < 4.78 is 1.95. The zero-order chi connectivity index (χ0) is 11.4. The van der Waals surface area contributed by atoms with E-state index in [0.29, 0.717) is 5.92 Å². The summed E-state index contributed by atoms with van der Waals surface area (Å²) in [6, 6.07) is -0.868. The standard InChI is InChI=1S/C10H17N3O2/c1-7(2)4-13-5-8(12-6-13)3-9(11)10(14)15/h5-7,9H,3-4,11H2,1-2H3,(H,14,15)/t9-/m0/s1. The average molecular weight is 211 g/mol. The maximum absolute atomic E-state index is 10.5. The van der Waals surface area contributed by atoms with Crippen LogP contribution in [-0.2, 0) is 17.8 Å². The van der Waals surface area contributed by atoms with E-state index in [1.807, 2.05) is 10.8 Å². The number of aliphatic carboxylic acids is 1. The number of nitrogens with zero attached hydrogens (tertiary/aromatic N) is 2. The second kappa shape index (κ2) is 4.93. The molecule has 5 nitrogen and oxygen atoms in total. The molecule has 0 fully saturated rings. The van der Waals surface area contributed by atoms with Gasteiger partial charge in [0.2, 0.25) is 0 Å². The number of carboxylic acids is 1. The highest BCUT2D eigenvalue weighted by molar-refractivity contribution is 5.73. The Bertz CT molecular complexity index is 333. The van der Waals surface area contributed by atoms with Crippen LogP contribution in [0.1, 0.15) is 19.5 Å². The predicted octanol–water partition coefficient (Wildman–Crippen LogP) is 0.493. The lowest BCUT2D eigenvalue weighted by atomic mass is 10.2. The second-order valence-corrected chi connectivity index (χ2v) is 4.10. The van der Waals surface area contributed by atoms with Crippen molar-refractivity contribution < 1.29 is 9.90 Å². The molecule has 84 valence electrons. The summed E-state index contributed by atoms with van der Waals surface area (Å²) in [5.74, 6) is -0.450. The number of carbonyl (C=O) groups is 1. The Balaban J connectivity index is 2.56. The second-order valence-electron chi connectivity index (χ2n) is 4.10. The SMILES string of the molecule is CC(C)Cn1cnc(C[C@H](N)C(=O)O)c1. The Hall–Kier alpha value is -1.36. The van der Waals surface area contributed by atoms with Crippen molar-refractivity contribution in [3.05, 3.63) is 18.2 Å². The van der Waals surface area contributed by atoms with Gasteiger partial charge in [0.05, 0.1) is 12.0 Å². The molecule has 0 spiro atoms. The monoisotopic (exact) mass is 211 g/mol. The highest BCUT2D eigenvalue weighted by atomic mass is 16.4. The Labute approximate surface area is 88.9 Å². The molecule has 5 heteroatoms. The average Bonchev–Trinajstić information content (AvgIpc) is 2.51. The van der Waals surface area contributed by atoms with Gasteiger partial charge in [-0.1, -0.05) is 13.8 Å². The van der Waals surface area contributed by atoms with Crippen LogP contribution in [0.5, 0.6) is 0 Å². The molecule has 1 heterocycles. The minimum absolute atomic E-state index is 0.278. The third-order valence-electron chi connectivity index (χ3n) is 2.01. The van der Waals surface area contributed by atoms with Gasteiger partial charge in [-0.3, -0.25) is 4.79 Å². The maximum Gasteiger partial charge on any atom is 0.320 e. The Morgan fingerprint density at radius 1 is 1.67 bits per heavy atom. The van der Waals surface area contributed by atoms with Crippen LogP contribution in [0.25, 0.3) is 0 Å². The minimum atomic E-state index is -0.992. The molecule has 1 rings (SSSR count). The largest absolute Gasteiger partial charge is 0.480 e. The molecule has 0 aliphatic carbocycles. The van der Waals surface area contributed by atoms with E-state index in [-0.39, 0.29) is 6.42 Å². The van der Waals surface area contributed by atoms with Gasteiger partial charge in [0.1, 0.15) is 6.04 Å². The van der Waals surface area contributed by atoms with Crippen LogP contribution in [0.15, 0.2) is 12.5 Å². The number of hydrogen-bond donors (Lipinski definition) is 2. The number of hydrogen-bond acceptors (Lipinski definition) is 3.